The number of benzene rings is 4. The molecule has 0 aliphatic carbocycles. The topological polar surface area (TPSA) is 54.0 Å². The standard InChI is InChI=1S/C36H4Cl16N4.Cu/c37-21-13-5-1-6-14-16(24(40)32(48)30(46)22(14)38)8(54-6)3-10-18-20(28(44)36(52)34(50)26(18)42)12(56-10)4-11-19-17(25(41)33(49)35(51)27(19)43)9(55-11)2-7(53-5)15(13)23(39)31(47)29(21)45;/h1-4H;/q-2;+2. The van der Waals surface area contributed by atoms with Crippen molar-refractivity contribution < 1.29 is 17.1 Å². The molecule has 0 saturated carbocycles. The summed E-state index contributed by atoms with van der Waals surface area (Å²) in [6.45, 7) is 0. The summed E-state index contributed by atoms with van der Waals surface area (Å²) in [5.74, 6) is 0. The molecule has 5 heterocycles. The molecular weight excluding hydrogens is 1120 g/mol. The number of rotatable bonds is 0. The number of halogens is 16. The fourth-order valence-corrected chi connectivity index (χ4v) is 11.0. The van der Waals surface area contributed by atoms with Crippen LogP contribution >= 0.6 is 186 Å². The quantitative estimate of drug-likeness (QED) is 0.0863. The van der Waals surface area contributed by atoms with Crippen LogP contribution in [0.3, 0.4) is 0 Å². The van der Waals surface area contributed by atoms with Crippen LogP contribution in [-0.4, -0.2) is 9.97 Å². The number of hydrogen-bond donors (Lipinski definition) is 0. The summed E-state index contributed by atoms with van der Waals surface area (Å²) in [7, 11) is 0. The van der Waals surface area contributed by atoms with Gasteiger partial charge in [0.15, 0.2) is 0 Å². The Morgan fingerprint density at radius 3 is 0.632 bits per heavy atom. The van der Waals surface area contributed by atoms with Crippen LogP contribution in [0.4, 0.5) is 0 Å². The molecule has 0 atom stereocenters. The van der Waals surface area contributed by atoms with Gasteiger partial charge in [0.05, 0.1) is 103 Å². The minimum absolute atomic E-state index is 0. The molecular formula is C36H4Cl16CuN4. The van der Waals surface area contributed by atoms with Gasteiger partial charge in [0.2, 0.25) is 0 Å². The molecule has 0 unspecified atom stereocenters. The Kier molecular flexibility index (Phi) is 11.8. The van der Waals surface area contributed by atoms with E-state index in [1.165, 1.54) is 0 Å². The minimum atomic E-state index is -0.0142. The van der Waals surface area contributed by atoms with Crippen molar-refractivity contribution in [3.63, 3.8) is 0 Å². The fourth-order valence-electron chi connectivity index (χ4n) is 6.77. The summed E-state index contributed by atoms with van der Waals surface area (Å²) in [5, 5.41) is 1.55. The zero-order chi connectivity index (χ0) is 40.1. The molecule has 2 aliphatic heterocycles. The molecule has 2 aliphatic rings. The third kappa shape index (κ3) is 6.29. The maximum atomic E-state index is 6.91. The van der Waals surface area contributed by atoms with Crippen molar-refractivity contribution in [1.82, 2.24) is 19.9 Å². The second-order valence-electron chi connectivity index (χ2n) is 12.1. The van der Waals surface area contributed by atoms with Gasteiger partial charge in [-0.25, -0.2) is 9.97 Å². The Morgan fingerprint density at radius 1 is 0.263 bits per heavy atom. The summed E-state index contributed by atoms with van der Waals surface area (Å²) >= 11 is 108. The minimum Gasteiger partial charge on any atom is -0.657 e. The second-order valence-corrected chi connectivity index (χ2v) is 18.2. The first kappa shape index (κ1) is 43.3. The Labute approximate surface area is 411 Å². The zero-order valence-electron chi connectivity index (χ0n) is 26.4. The normalized spacial score (nSPS) is 12.1. The summed E-state index contributed by atoms with van der Waals surface area (Å²) in [4.78, 5) is 19.8. The van der Waals surface area contributed by atoms with E-state index in [2.05, 4.69) is 0 Å². The van der Waals surface area contributed by atoms with Crippen LogP contribution in [0.15, 0.2) is 24.3 Å². The summed E-state index contributed by atoms with van der Waals surface area (Å²) in [6, 6.07) is 6.40. The average molecular weight is 1120 g/mol. The number of nitrogens with zero attached hydrogens (tertiary/aromatic N) is 4. The largest absolute Gasteiger partial charge is 2.00 e. The molecule has 4 aromatic carbocycles. The van der Waals surface area contributed by atoms with Crippen molar-refractivity contribution >= 4 is 229 Å². The van der Waals surface area contributed by atoms with E-state index in [9.17, 15) is 0 Å². The third-order valence-electron chi connectivity index (χ3n) is 9.17. The predicted molar refractivity (Wildman–Crippen MR) is 243 cm³/mol. The van der Waals surface area contributed by atoms with Crippen molar-refractivity contribution in [2.75, 3.05) is 0 Å². The summed E-state index contributed by atoms with van der Waals surface area (Å²) in [5.41, 5.74) is 3.25. The van der Waals surface area contributed by atoms with Gasteiger partial charge in [0, 0.05) is 22.3 Å². The Morgan fingerprint density at radius 2 is 0.439 bits per heavy atom. The molecule has 4 nitrogen and oxygen atoms in total. The van der Waals surface area contributed by atoms with E-state index < -0.39 is 0 Å². The van der Waals surface area contributed by atoms with E-state index >= 15 is 0 Å². The van der Waals surface area contributed by atoms with Gasteiger partial charge >= 0.3 is 17.1 Å². The average Bonchev–Trinajstić information content (AvgIpc) is 3.92. The molecule has 57 heavy (non-hydrogen) atoms. The molecule has 3 aromatic heterocycles. The van der Waals surface area contributed by atoms with Crippen molar-refractivity contribution in [3.8, 4) is 45.0 Å². The first-order valence-corrected chi connectivity index (χ1v) is 21.2. The molecule has 291 valence electrons. The molecule has 1 radical (unpaired) electrons. The van der Waals surface area contributed by atoms with Gasteiger partial charge in [-0.1, -0.05) is 186 Å². The SMILES string of the molecule is Clc1c(Cl)c(Cl)c2c(c1Cl)-c1cc3[n-]c(cc4nc(cc5[n-]c(cc-2n1)c1c(Cl)c(Cl)c(Cl)c(Cl)c51)-c1c(Cl)c(Cl)c(Cl)c(Cl)c1-4)c1c(Cl)c(Cl)c(Cl)c(Cl)c31.[Cu+2]. The van der Waals surface area contributed by atoms with E-state index in [4.69, 9.17) is 206 Å². The molecule has 0 spiro atoms. The van der Waals surface area contributed by atoms with Crippen LogP contribution in [0.2, 0.25) is 80.4 Å². The van der Waals surface area contributed by atoms with Gasteiger partial charge in [-0.3, -0.25) is 0 Å². The van der Waals surface area contributed by atoms with E-state index in [1.807, 2.05) is 0 Å². The van der Waals surface area contributed by atoms with Crippen LogP contribution in [0, 0.1) is 0 Å². The van der Waals surface area contributed by atoms with Crippen LogP contribution < -0.4 is 9.97 Å². The smallest absolute Gasteiger partial charge is 0.657 e. The van der Waals surface area contributed by atoms with Crippen molar-refractivity contribution in [1.29, 1.82) is 0 Å². The van der Waals surface area contributed by atoms with Crippen LogP contribution in [0.25, 0.3) is 88.6 Å². The fraction of sp³-hybridized carbons (Fsp3) is 0. The van der Waals surface area contributed by atoms with Crippen molar-refractivity contribution in [2.24, 2.45) is 0 Å². The zero-order valence-corrected chi connectivity index (χ0v) is 39.5. The maximum Gasteiger partial charge on any atom is 2.00 e. The first-order chi connectivity index (χ1) is 26.4. The first-order valence-electron chi connectivity index (χ1n) is 15.1. The monoisotopic (exact) mass is 1110 g/mol. The van der Waals surface area contributed by atoms with E-state index in [0.29, 0.717) is 43.8 Å². The Balaban J connectivity index is 0.00000455. The predicted octanol–water partition coefficient (Wildman–Crippen LogP) is 19.0. The number of aromatic nitrogens is 4. The Hall–Kier alpha value is -0.321. The maximum absolute atomic E-state index is 6.91. The molecule has 0 fully saturated rings. The van der Waals surface area contributed by atoms with Crippen molar-refractivity contribution in [3.05, 3.63) is 105 Å². The van der Waals surface area contributed by atoms with Gasteiger partial charge < -0.3 is 9.97 Å². The molecule has 0 saturated heterocycles. The van der Waals surface area contributed by atoms with Gasteiger partial charge in [0.25, 0.3) is 0 Å². The van der Waals surface area contributed by atoms with Crippen LogP contribution in [0.1, 0.15) is 0 Å². The molecule has 8 bridgehead atoms. The van der Waals surface area contributed by atoms with Gasteiger partial charge in [-0.15, -0.1) is 22.1 Å². The molecule has 21 heteroatoms. The van der Waals surface area contributed by atoms with E-state index in [-0.39, 0.29) is 142 Å². The van der Waals surface area contributed by atoms with Crippen molar-refractivity contribution in [2.45, 2.75) is 0 Å². The van der Waals surface area contributed by atoms with Gasteiger partial charge in [0.1, 0.15) is 0 Å². The summed E-state index contributed by atoms with van der Waals surface area (Å²) in [6.07, 6.45) is 0. The van der Waals surface area contributed by atoms with Crippen LogP contribution in [-0.2, 0) is 17.1 Å². The molecule has 7 aromatic rings. The Bertz CT molecular complexity index is 2810. The van der Waals surface area contributed by atoms with Gasteiger partial charge in [-0.2, -0.15) is 0 Å². The number of fused-ring (bicyclic) bond motifs is 20. The second kappa shape index (κ2) is 15.5. The molecule has 0 amide bonds. The third-order valence-corrected chi connectivity index (χ3v) is 16.4. The van der Waals surface area contributed by atoms with Gasteiger partial charge in [-0.05, 0) is 45.8 Å². The number of hydrogen-bond acceptors (Lipinski definition) is 2. The molecule has 0 N–H and O–H groups in total. The summed E-state index contributed by atoms with van der Waals surface area (Å²) < 4.78 is 0. The van der Waals surface area contributed by atoms with Crippen LogP contribution in [0.5, 0.6) is 0 Å². The van der Waals surface area contributed by atoms with E-state index in [0.717, 1.165) is 0 Å². The van der Waals surface area contributed by atoms with E-state index in [1.54, 1.807) is 24.3 Å². The molecule has 9 rings (SSSR count).